The van der Waals surface area contributed by atoms with E-state index in [0.29, 0.717) is 12.8 Å². The van der Waals surface area contributed by atoms with Gasteiger partial charge in [-0.2, -0.15) is 0 Å². The van der Waals surface area contributed by atoms with Crippen molar-refractivity contribution in [2.45, 2.75) is 25.8 Å². The number of nitrogens with two attached hydrogens (primary N) is 1. The van der Waals surface area contributed by atoms with E-state index in [1.54, 1.807) is 0 Å². The molecule has 1 aliphatic heterocycles. The molecule has 1 heterocycles. The topological polar surface area (TPSA) is 122 Å². The molecule has 1 rings (SSSR count). The number of carbonyl (C=O) groups is 3. The minimum Gasteiger partial charge on any atom is -0.479 e. The van der Waals surface area contributed by atoms with Crippen LogP contribution in [0.25, 0.3) is 0 Å². The van der Waals surface area contributed by atoms with Crippen LogP contribution in [0.3, 0.4) is 0 Å². The third kappa shape index (κ3) is 3.88. The third-order valence-corrected chi connectivity index (χ3v) is 2.90. The second-order valence-electron chi connectivity index (χ2n) is 4.27. The summed E-state index contributed by atoms with van der Waals surface area (Å²) in [7, 11) is 0. The molecule has 0 aliphatic carbocycles. The highest BCUT2D eigenvalue weighted by molar-refractivity contribution is 5.79. The molecular weight excluding hydrogens is 242 g/mol. The van der Waals surface area contributed by atoms with Crippen molar-refractivity contribution in [1.29, 1.82) is 0 Å². The Morgan fingerprint density at radius 3 is 2.67 bits per heavy atom. The Balaban J connectivity index is 2.48. The van der Waals surface area contributed by atoms with Crippen molar-refractivity contribution in [2.75, 3.05) is 13.2 Å². The van der Waals surface area contributed by atoms with Gasteiger partial charge in [-0.25, -0.2) is 15.1 Å². The zero-order valence-corrected chi connectivity index (χ0v) is 10.1. The van der Waals surface area contributed by atoms with Gasteiger partial charge in [-0.15, -0.1) is 0 Å². The fraction of sp³-hybridized carbons (Fsp3) is 0.700. The van der Waals surface area contributed by atoms with Crippen LogP contribution in [0.5, 0.6) is 0 Å². The van der Waals surface area contributed by atoms with Crippen LogP contribution < -0.4 is 11.2 Å². The molecule has 2 unspecified atom stereocenters. The number of primary amides is 1. The van der Waals surface area contributed by atoms with Crippen LogP contribution in [0.4, 0.5) is 4.79 Å². The molecule has 18 heavy (non-hydrogen) atoms. The molecule has 2 atom stereocenters. The van der Waals surface area contributed by atoms with E-state index >= 15 is 0 Å². The zero-order valence-electron chi connectivity index (χ0n) is 10.1. The number of hydrogen-bond donors (Lipinski definition) is 3. The van der Waals surface area contributed by atoms with Crippen LogP contribution in [-0.4, -0.2) is 47.1 Å². The molecule has 3 amide bonds. The minimum atomic E-state index is -1.18. The Hall–Kier alpha value is -1.83. The molecule has 0 saturated carbocycles. The average molecular weight is 259 g/mol. The van der Waals surface area contributed by atoms with Crippen molar-refractivity contribution < 1.29 is 24.3 Å². The van der Waals surface area contributed by atoms with Gasteiger partial charge in [0.1, 0.15) is 0 Å². The number of nitrogens with zero attached hydrogens (tertiary/aromatic N) is 1. The number of carboxylic acid groups (broad SMARTS) is 1. The average Bonchev–Trinajstić information content (AvgIpc) is 2.28. The number of carboxylic acids is 1. The molecular formula is C10H17N3O5. The predicted molar refractivity (Wildman–Crippen MR) is 60.2 cm³/mol. The Kier molecular flexibility index (Phi) is 4.90. The molecule has 0 radical (unpaired) electrons. The van der Waals surface area contributed by atoms with Gasteiger partial charge in [0.2, 0.25) is 5.91 Å². The fourth-order valence-corrected chi connectivity index (χ4v) is 1.84. The smallest absolute Gasteiger partial charge is 0.341 e. The van der Waals surface area contributed by atoms with Crippen molar-refractivity contribution in [3.05, 3.63) is 0 Å². The van der Waals surface area contributed by atoms with Crippen LogP contribution in [-0.2, 0) is 14.4 Å². The lowest BCUT2D eigenvalue weighted by atomic mass is 9.93. The highest BCUT2D eigenvalue weighted by Crippen LogP contribution is 2.21. The number of hydrogen-bond acceptors (Lipinski definition) is 4. The van der Waals surface area contributed by atoms with Crippen LogP contribution >= 0.6 is 0 Å². The summed E-state index contributed by atoms with van der Waals surface area (Å²) in [6, 6.07) is -0.608. The lowest BCUT2D eigenvalue weighted by Gasteiger charge is -2.36. The van der Waals surface area contributed by atoms with Gasteiger partial charge in [0.15, 0.2) is 6.61 Å². The zero-order chi connectivity index (χ0) is 13.7. The number of nitrogens with one attached hydrogen (secondary N) is 1. The molecule has 8 nitrogen and oxygen atoms in total. The summed E-state index contributed by atoms with van der Waals surface area (Å²) in [5.41, 5.74) is 7.24. The van der Waals surface area contributed by atoms with E-state index in [4.69, 9.17) is 10.8 Å². The number of aliphatic carboxylic acids is 1. The van der Waals surface area contributed by atoms with Gasteiger partial charge in [0, 0.05) is 12.6 Å². The molecule has 1 saturated heterocycles. The Labute approximate surface area is 104 Å². The van der Waals surface area contributed by atoms with Crippen LogP contribution in [0, 0.1) is 5.92 Å². The van der Waals surface area contributed by atoms with E-state index < -0.39 is 24.5 Å². The summed E-state index contributed by atoms with van der Waals surface area (Å²) in [4.78, 5) is 38.9. The van der Waals surface area contributed by atoms with Gasteiger partial charge in [-0.05, 0) is 19.8 Å². The SMILES string of the molecule is CC1CCC(C(N)=O)CN1C(=O)NOCC(=O)O. The molecule has 0 aromatic heterocycles. The lowest BCUT2D eigenvalue weighted by Crippen LogP contribution is -2.52. The molecule has 0 aromatic carbocycles. The third-order valence-electron chi connectivity index (χ3n) is 2.90. The maximum absolute atomic E-state index is 11.7. The maximum atomic E-state index is 11.7. The molecule has 8 heteroatoms. The second-order valence-corrected chi connectivity index (χ2v) is 4.27. The molecule has 1 aliphatic rings. The van der Waals surface area contributed by atoms with Crippen molar-refractivity contribution in [1.82, 2.24) is 10.4 Å². The van der Waals surface area contributed by atoms with E-state index in [1.165, 1.54) is 4.90 Å². The number of hydroxylamine groups is 1. The number of piperidine rings is 1. The van der Waals surface area contributed by atoms with Gasteiger partial charge < -0.3 is 15.7 Å². The minimum absolute atomic E-state index is 0.0472. The first-order chi connectivity index (χ1) is 8.41. The summed E-state index contributed by atoms with van der Waals surface area (Å²) in [6.07, 6.45) is 1.32. The van der Waals surface area contributed by atoms with Gasteiger partial charge >= 0.3 is 12.0 Å². The quantitative estimate of drug-likeness (QED) is 0.576. The van der Waals surface area contributed by atoms with Crippen molar-refractivity contribution in [3.8, 4) is 0 Å². The van der Waals surface area contributed by atoms with E-state index in [9.17, 15) is 14.4 Å². The number of likely N-dealkylation sites (tertiary alicyclic amines) is 1. The first-order valence-electron chi connectivity index (χ1n) is 5.61. The van der Waals surface area contributed by atoms with Crippen LogP contribution in [0.1, 0.15) is 19.8 Å². The van der Waals surface area contributed by atoms with E-state index in [-0.39, 0.29) is 18.5 Å². The number of rotatable bonds is 4. The Morgan fingerprint density at radius 1 is 1.44 bits per heavy atom. The lowest BCUT2D eigenvalue weighted by molar-refractivity contribution is -0.144. The molecule has 102 valence electrons. The first kappa shape index (κ1) is 14.2. The van der Waals surface area contributed by atoms with Gasteiger partial charge in [-0.3, -0.25) is 9.63 Å². The molecule has 0 aromatic rings. The normalized spacial score (nSPS) is 23.5. The van der Waals surface area contributed by atoms with E-state index in [1.807, 2.05) is 12.4 Å². The van der Waals surface area contributed by atoms with Crippen molar-refractivity contribution in [2.24, 2.45) is 11.7 Å². The largest absolute Gasteiger partial charge is 0.479 e. The highest BCUT2D eigenvalue weighted by atomic mass is 16.7. The monoisotopic (exact) mass is 259 g/mol. The number of amides is 3. The highest BCUT2D eigenvalue weighted by Gasteiger charge is 2.31. The van der Waals surface area contributed by atoms with E-state index in [2.05, 4.69) is 4.84 Å². The molecule has 0 bridgehead atoms. The Bertz CT molecular complexity index is 346. The second kappa shape index (κ2) is 6.20. The first-order valence-corrected chi connectivity index (χ1v) is 5.61. The summed E-state index contributed by atoms with van der Waals surface area (Å²) in [6.45, 7) is 1.44. The maximum Gasteiger partial charge on any atom is 0.341 e. The number of urea groups is 1. The molecule has 1 fully saturated rings. The predicted octanol–water partition coefficient (Wildman–Crippen LogP) is -0.702. The summed E-state index contributed by atoms with van der Waals surface area (Å²) < 4.78 is 0. The van der Waals surface area contributed by atoms with Crippen molar-refractivity contribution >= 4 is 17.9 Å². The van der Waals surface area contributed by atoms with Gasteiger partial charge in [0.05, 0.1) is 5.92 Å². The van der Waals surface area contributed by atoms with Crippen molar-refractivity contribution in [3.63, 3.8) is 0 Å². The van der Waals surface area contributed by atoms with Crippen LogP contribution in [0.15, 0.2) is 0 Å². The standard InChI is InChI=1S/C10H17N3O5/c1-6-2-3-7(9(11)16)4-13(6)10(17)12-18-5-8(14)15/h6-7H,2-5H2,1H3,(H2,11,16)(H,12,17)(H,14,15). The van der Waals surface area contributed by atoms with Gasteiger partial charge in [-0.1, -0.05) is 0 Å². The number of carbonyl (C=O) groups excluding carboxylic acids is 2. The Morgan fingerprint density at radius 2 is 2.11 bits per heavy atom. The van der Waals surface area contributed by atoms with Gasteiger partial charge in [0.25, 0.3) is 0 Å². The molecule has 4 N–H and O–H groups in total. The summed E-state index contributed by atoms with van der Waals surface area (Å²) in [5, 5.41) is 8.35. The van der Waals surface area contributed by atoms with Crippen LogP contribution in [0.2, 0.25) is 0 Å². The molecule has 0 spiro atoms. The summed E-state index contributed by atoms with van der Waals surface area (Å²) >= 11 is 0. The summed E-state index contributed by atoms with van der Waals surface area (Å²) in [5.74, 6) is -1.99. The van der Waals surface area contributed by atoms with E-state index in [0.717, 1.165) is 0 Å². The fourth-order valence-electron chi connectivity index (χ4n) is 1.84.